The zero-order chi connectivity index (χ0) is 20.1. The van der Waals surface area contributed by atoms with Gasteiger partial charge in [-0.15, -0.1) is 11.3 Å². The molecule has 1 amide bonds. The first-order valence-electron chi connectivity index (χ1n) is 8.77. The summed E-state index contributed by atoms with van der Waals surface area (Å²) in [6.45, 7) is 3.63. The van der Waals surface area contributed by atoms with Crippen molar-refractivity contribution in [3.63, 3.8) is 0 Å². The number of aryl methyl sites for hydroxylation is 1. The number of para-hydroxylation sites is 1. The monoisotopic (exact) mass is 411 g/mol. The number of anilines is 1. The molecule has 0 saturated carbocycles. The van der Waals surface area contributed by atoms with E-state index in [9.17, 15) is 9.59 Å². The summed E-state index contributed by atoms with van der Waals surface area (Å²) in [6, 6.07) is 14.9. The molecule has 28 heavy (non-hydrogen) atoms. The predicted octanol–water partition coefficient (Wildman–Crippen LogP) is 5.48. The maximum atomic E-state index is 13.7. The van der Waals surface area contributed by atoms with Crippen LogP contribution in [0.5, 0.6) is 5.75 Å². The summed E-state index contributed by atoms with van der Waals surface area (Å²) in [4.78, 5) is 26.6. The van der Waals surface area contributed by atoms with Gasteiger partial charge in [0.2, 0.25) is 5.91 Å². The Bertz CT molecular complexity index is 1100. The molecule has 1 unspecified atom stereocenters. The first kappa shape index (κ1) is 18.7. The van der Waals surface area contributed by atoms with Crippen molar-refractivity contribution < 1.29 is 14.3 Å². The third-order valence-corrected chi connectivity index (χ3v) is 6.55. The number of ether oxygens (including phenoxy) is 1. The van der Waals surface area contributed by atoms with Gasteiger partial charge in [-0.05, 0) is 25.5 Å². The summed E-state index contributed by atoms with van der Waals surface area (Å²) in [7, 11) is 1.57. The molecule has 0 radical (unpaired) electrons. The number of nitrogens with one attached hydrogen (secondary N) is 1. The normalized spacial score (nSPS) is 18.6. The molecule has 0 aliphatic carbocycles. The number of ketones is 1. The van der Waals surface area contributed by atoms with Crippen molar-refractivity contribution in [3.05, 3.63) is 69.6 Å². The number of benzene rings is 2. The highest BCUT2D eigenvalue weighted by atomic mass is 35.5. The minimum absolute atomic E-state index is 0.265. The van der Waals surface area contributed by atoms with Crippen molar-refractivity contribution in [1.29, 1.82) is 0 Å². The lowest BCUT2D eigenvalue weighted by Crippen LogP contribution is -2.48. The van der Waals surface area contributed by atoms with Gasteiger partial charge in [0.05, 0.1) is 12.7 Å². The van der Waals surface area contributed by atoms with Crippen LogP contribution in [0.3, 0.4) is 0 Å². The summed E-state index contributed by atoms with van der Waals surface area (Å²) in [6.07, 6.45) is 0. The molecule has 1 atom stereocenters. The van der Waals surface area contributed by atoms with E-state index in [4.69, 9.17) is 16.3 Å². The molecule has 1 N–H and O–H groups in total. The number of carbonyl (C=O) groups excluding carboxylic acids is 2. The maximum Gasteiger partial charge on any atom is 0.243 e. The van der Waals surface area contributed by atoms with Gasteiger partial charge in [-0.2, -0.15) is 0 Å². The largest absolute Gasteiger partial charge is 0.496 e. The zero-order valence-corrected chi connectivity index (χ0v) is 17.2. The number of carbonyl (C=O) groups is 2. The van der Waals surface area contributed by atoms with Crippen LogP contribution in [-0.4, -0.2) is 18.8 Å². The average Bonchev–Trinajstić information content (AvgIpc) is 3.02. The van der Waals surface area contributed by atoms with Gasteiger partial charge in [-0.1, -0.05) is 59.6 Å². The fourth-order valence-corrected chi connectivity index (χ4v) is 4.89. The Morgan fingerprint density at radius 1 is 1.04 bits per heavy atom. The fourth-order valence-electron chi connectivity index (χ4n) is 3.53. The molecule has 1 aliphatic heterocycles. The van der Waals surface area contributed by atoms with E-state index in [2.05, 4.69) is 5.32 Å². The van der Waals surface area contributed by atoms with Crippen LogP contribution in [0.4, 0.5) is 5.00 Å². The van der Waals surface area contributed by atoms with Crippen molar-refractivity contribution in [2.75, 3.05) is 12.4 Å². The van der Waals surface area contributed by atoms with E-state index in [0.29, 0.717) is 31.8 Å². The van der Waals surface area contributed by atoms with Crippen LogP contribution in [0.2, 0.25) is 4.34 Å². The molecule has 0 spiro atoms. The molecule has 0 fully saturated rings. The van der Waals surface area contributed by atoms with Crippen molar-refractivity contribution in [2.45, 2.75) is 19.3 Å². The topological polar surface area (TPSA) is 55.4 Å². The highest BCUT2D eigenvalue weighted by molar-refractivity contribution is 7.21. The van der Waals surface area contributed by atoms with Crippen molar-refractivity contribution in [2.24, 2.45) is 0 Å². The minimum Gasteiger partial charge on any atom is -0.496 e. The Hall–Kier alpha value is -2.63. The lowest BCUT2D eigenvalue weighted by atomic mass is 9.72. The van der Waals surface area contributed by atoms with Gasteiger partial charge >= 0.3 is 0 Å². The van der Waals surface area contributed by atoms with Crippen molar-refractivity contribution in [1.82, 2.24) is 0 Å². The van der Waals surface area contributed by atoms with Crippen LogP contribution in [-0.2, 0) is 10.2 Å². The molecule has 6 heteroatoms. The maximum absolute atomic E-state index is 13.7. The SMILES string of the molecule is COc1ccccc1-c1c(Cl)sc2c1C(=O)C(C)(c1ccc(C)cc1)C(=O)N2. The Balaban J connectivity index is 1.94. The molecule has 4 rings (SSSR count). The number of amides is 1. The van der Waals surface area contributed by atoms with Gasteiger partial charge in [-0.25, -0.2) is 0 Å². The fraction of sp³-hybridized carbons (Fsp3) is 0.182. The molecule has 4 nitrogen and oxygen atoms in total. The molecular weight excluding hydrogens is 394 g/mol. The number of hydrogen-bond acceptors (Lipinski definition) is 4. The van der Waals surface area contributed by atoms with Crippen LogP contribution in [0.15, 0.2) is 48.5 Å². The summed E-state index contributed by atoms with van der Waals surface area (Å²) < 4.78 is 5.91. The number of halogens is 1. The molecule has 0 saturated heterocycles. The van der Waals surface area contributed by atoms with Crippen LogP contribution < -0.4 is 10.1 Å². The lowest BCUT2D eigenvalue weighted by molar-refractivity contribution is -0.119. The number of thiophene rings is 1. The first-order valence-corrected chi connectivity index (χ1v) is 9.96. The van der Waals surface area contributed by atoms with Crippen LogP contribution in [0.25, 0.3) is 11.1 Å². The van der Waals surface area contributed by atoms with Crippen LogP contribution >= 0.6 is 22.9 Å². The van der Waals surface area contributed by atoms with Crippen LogP contribution in [0.1, 0.15) is 28.4 Å². The second-order valence-corrected chi connectivity index (χ2v) is 8.55. The summed E-state index contributed by atoms with van der Waals surface area (Å²) in [5.74, 6) is 0.00393. The number of methoxy groups -OCH3 is 1. The van der Waals surface area contributed by atoms with Crippen molar-refractivity contribution in [3.8, 4) is 16.9 Å². The number of fused-ring (bicyclic) bond motifs is 1. The van der Waals surface area contributed by atoms with E-state index in [-0.39, 0.29) is 11.7 Å². The predicted molar refractivity (Wildman–Crippen MR) is 113 cm³/mol. The Morgan fingerprint density at radius 2 is 1.71 bits per heavy atom. The molecular formula is C22H18ClNO3S. The van der Waals surface area contributed by atoms with Gasteiger partial charge in [-0.3, -0.25) is 9.59 Å². The van der Waals surface area contributed by atoms with E-state index in [0.717, 1.165) is 11.1 Å². The molecule has 2 aromatic carbocycles. The summed E-state index contributed by atoms with van der Waals surface area (Å²) in [5.41, 5.74) is 2.14. The van der Waals surface area contributed by atoms with Crippen molar-refractivity contribution >= 4 is 39.6 Å². The Kier molecular flexibility index (Phi) is 4.52. The summed E-state index contributed by atoms with van der Waals surface area (Å²) >= 11 is 7.73. The van der Waals surface area contributed by atoms with E-state index in [1.807, 2.05) is 55.5 Å². The van der Waals surface area contributed by atoms with Gasteiger partial charge in [0.25, 0.3) is 0 Å². The quantitative estimate of drug-likeness (QED) is 0.581. The Morgan fingerprint density at radius 3 is 2.39 bits per heavy atom. The number of rotatable bonds is 3. The van der Waals surface area contributed by atoms with Gasteiger partial charge in [0.1, 0.15) is 20.5 Å². The summed E-state index contributed by atoms with van der Waals surface area (Å²) in [5, 5.41) is 3.37. The highest BCUT2D eigenvalue weighted by Gasteiger charge is 2.49. The van der Waals surface area contributed by atoms with E-state index >= 15 is 0 Å². The van der Waals surface area contributed by atoms with Gasteiger partial charge in [0.15, 0.2) is 5.78 Å². The lowest BCUT2D eigenvalue weighted by Gasteiger charge is -2.32. The van der Waals surface area contributed by atoms with E-state index in [1.54, 1.807) is 14.0 Å². The van der Waals surface area contributed by atoms with Crippen LogP contribution in [0, 0.1) is 6.92 Å². The minimum atomic E-state index is -1.33. The van der Waals surface area contributed by atoms with E-state index in [1.165, 1.54) is 11.3 Å². The third kappa shape index (κ3) is 2.65. The average molecular weight is 412 g/mol. The van der Waals surface area contributed by atoms with E-state index < -0.39 is 5.41 Å². The number of hydrogen-bond donors (Lipinski definition) is 1. The number of Topliss-reactive ketones (excluding diaryl/α,β-unsaturated/α-hetero) is 1. The smallest absolute Gasteiger partial charge is 0.243 e. The van der Waals surface area contributed by atoms with Gasteiger partial charge in [0, 0.05) is 11.1 Å². The third-order valence-electron chi connectivity index (χ3n) is 5.23. The zero-order valence-electron chi connectivity index (χ0n) is 15.6. The molecule has 0 bridgehead atoms. The standard InChI is InChI=1S/C22H18ClNO3S/c1-12-8-10-13(11-9-12)22(2)18(25)17-16(14-6-4-5-7-15(14)27-3)19(23)28-20(17)24-21(22)26/h4-11H,1-3H3,(H,24,26). The Labute approximate surface area is 172 Å². The molecule has 2 heterocycles. The second kappa shape index (κ2) is 6.76. The molecule has 142 valence electrons. The highest BCUT2D eigenvalue weighted by Crippen LogP contribution is 2.50. The molecule has 3 aromatic rings. The second-order valence-electron chi connectivity index (χ2n) is 6.93. The molecule has 1 aromatic heterocycles. The first-order chi connectivity index (χ1) is 13.4. The van der Waals surface area contributed by atoms with Gasteiger partial charge < -0.3 is 10.1 Å². The molecule has 1 aliphatic rings.